The monoisotopic (exact) mass is 294 g/mol. The summed E-state index contributed by atoms with van der Waals surface area (Å²) in [4.78, 5) is 4.79. The minimum atomic E-state index is 0.150. The molecular weight excluding hydrogens is 264 g/mol. The van der Waals surface area contributed by atoms with E-state index in [1.165, 1.54) is 42.8 Å². The summed E-state index contributed by atoms with van der Waals surface area (Å²) in [6.45, 7) is 8.98. The Morgan fingerprint density at radius 3 is 2.75 bits per heavy atom. The van der Waals surface area contributed by atoms with E-state index in [0.29, 0.717) is 12.0 Å². The van der Waals surface area contributed by atoms with Gasteiger partial charge in [-0.3, -0.25) is 0 Å². The fraction of sp³-hybridized carbons (Fsp3) is 0.824. The van der Waals surface area contributed by atoms with Crippen LogP contribution in [-0.4, -0.2) is 11.0 Å². The SMILES string of the molecule is CCC1CCCC(C(N)Cc2nc(C(C)(C)C)cs2)C1. The molecule has 0 spiro atoms. The molecule has 3 unspecified atom stereocenters. The van der Waals surface area contributed by atoms with Crippen molar-refractivity contribution in [2.24, 2.45) is 17.6 Å². The number of hydrogen-bond acceptors (Lipinski definition) is 3. The number of hydrogen-bond donors (Lipinski definition) is 1. The van der Waals surface area contributed by atoms with E-state index in [-0.39, 0.29) is 5.41 Å². The summed E-state index contributed by atoms with van der Waals surface area (Å²) in [5.74, 6) is 1.61. The van der Waals surface area contributed by atoms with E-state index in [4.69, 9.17) is 10.7 Å². The second-order valence-electron chi connectivity index (χ2n) is 7.45. The molecule has 3 heteroatoms. The molecule has 1 fully saturated rings. The molecule has 1 aromatic heterocycles. The summed E-state index contributed by atoms with van der Waals surface area (Å²) in [5.41, 5.74) is 7.84. The predicted octanol–water partition coefficient (Wildman–Crippen LogP) is 4.53. The third-order valence-corrected chi connectivity index (χ3v) is 5.61. The molecule has 114 valence electrons. The molecule has 0 radical (unpaired) electrons. The van der Waals surface area contributed by atoms with Crippen molar-refractivity contribution in [2.45, 2.75) is 77.7 Å². The van der Waals surface area contributed by atoms with E-state index in [1.807, 2.05) is 0 Å². The average Bonchev–Trinajstić information content (AvgIpc) is 2.87. The molecule has 0 aromatic carbocycles. The largest absolute Gasteiger partial charge is 0.327 e. The average molecular weight is 295 g/mol. The predicted molar refractivity (Wildman–Crippen MR) is 88.2 cm³/mol. The quantitative estimate of drug-likeness (QED) is 0.886. The number of nitrogens with zero attached hydrogens (tertiary/aromatic N) is 1. The van der Waals surface area contributed by atoms with Gasteiger partial charge in [0.1, 0.15) is 0 Å². The zero-order valence-electron chi connectivity index (χ0n) is 13.5. The van der Waals surface area contributed by atoms with Crippen LogP contribution in [0.3, 0.4) is 0 Å². The molecule has 1 aromatic rings. The van der Waals surface area contributed by atoms with E-state index in [2.05, 4.69) is 33.1 Å². The Hall–Kier alpha value is -0.410. The molecule has 0 aliphatic heterocycles. The first-order chi connectivity index (χ1) is 9.40. The van der Waals surface area contributed by atoms with Gasteiger partial charge in [-0.2, -0.15) is 0 Å². The molecule has 2 N–H and O–H groups in total. The van der Waals surface area contributed by atoms with Gasteiger partial charge in [0.05, 0.1) is 10.7 Å². The van der Waals surface area contributed by atoms with Crippen LogP contribution in [0.4, 0.5) is 0 Å². The van der Waals surface area contributed by atoms with E-state index < -0.39 is 0 Å². The maximum absolute atomic E-state index is 6.48. The summed E-state index contributed by atoms with van der Waals surface area (Å²) in [6, 6.07) is 0.295. The summed E-state index contributed by atoms with van der Waals surface area (Å²) in [7, 11) is 0. The van der Waals surface area contributed by atoms with E-state index in [0.717, 1.165) is 12.3 Å². The van der Waals surface area contributed by atoms with E-state index >= 15 is 0 Å². The van der Waals surface area contributed by atoms with Crippen LogP contribution < -0.4 is 5.73 Å². The van der Waals surface area contributed by atoms with Gasteiger partial charge in [0.15, 0.2) is 0 Å². The lowest BCUT2D eigenvalue weighted by molar-refractivity contribution is 0.228. The van der Waals surface area contributed by atoms with Crippen molar-refractivity contribution in [3.63, 3.8) is 0 Å². The van der Waals surface area contributed by atoms with Crippen molar-refractivity contribution in [3.05, 3.63) is 16.1 Å². The smallest absolute Gasteiger partial charge is 0.0944 e. The first-order valence-electron chi connectivity index (χ1n) is 8.10. The highest BCUT2D eigenvalue weighted by molar-refractivity contribution is 7.09. The summed E-state index contributed by atoms with van der Waals surface area (Å²) in [6.07, 6.45) is 7.69. The van der Waals surface area contributed by atoms with Crippen molar-refractivity contribution in [1.82, 2.24) is 4.98 Å². The van der Waals surface area contributed by atoms with Gasteiger partial charge in [-0.1, -0.05) is 47.0 Å². The molecule has 2 nitrogen and oxygen atoms in total. The van der Waals surface area contributed by atoms with Crippen LogP contribution in [0.2, 0.25) is 0 Å². The van der Waals surface area contributed by atoms with Crippen molar-refractivity contribution < 1.29 is 0 Å². The van der Waals surface area contributed by atoms with Gasteiger partial charge >= 0.3 is 0 Å². The van der Waals surface area contributed by atoms with Gasteiger partial charge in [-0.25, -0.2) is 4.98 Å². The maximum atomic E-state index is 6.48. The second-order valence-corrected chi connectivity index (χ2v) is 8.39. The van der Waals surface area contributed by atoms with Gasteiger partial charge in [-0.05, 0) is 24.7 Å². The van der Waals surface area contributed by atoms with Gasteiger partial charge in [0, 0.05) is 23.3 Å². The molecule has 2 rings (SSSR count). The van der Waals surface area contributed by atoms with Gasteiger partial charge in [-0.15, -0.1) is 11.3 Å². The molecule has 0 amide bonds. The Labute approximate surface area is 128 Å². The molecule has 3 atom stereocenters. The summed E-state index contributed by atoms with van der Waals surface area (Å²) >= 11 is 1.78. The van der Waals surface area contributed by atoms with Crippen LogP contribution in [-0.2, 0) is 11.8 Å². The molecule has 1 saturated carbocycles. The Morgan fingerprint density at radius 1 is 1.40 bits per heavy atom. The highest BCUT2D eigenvalue weighted by atomic mass is 32.1. The highest BCUT2D eigenvalue weighted by Crippen LogP contribution is 2.33. The lowest BCUT2D eigenvalue weighted by Crippen LogP contribution is -2.35. The van der Waals surface area contributed by atoms with Crippen molar-refractivity contribution in [2.75, 3.05) is 0 Å². The lowest BCUT2D eigenvalue weighted by Gasteiger charge is -2.32. The number of aromatic nitrogens is 1. The van der Waals surface area contributed by atoms with Crippen molar-refractivity contribution in [3.8, 4) is 0 Å². The Kier molecular flexibility index (Phi) is 5.25. The van der Waals surface area contributed by atoms with E-state index in [9.17, 15) is 0 Å². The van der Waals surface area contributed by atoms with Crippen LogP contribution in [0, 0.1) is 11.8 Å². The Balaban J connectivity index is 1.94. The molecule has 0 saturated heterocycles. The van der Waals surface area contributed by atoms with Gasteiger partial charge in [0.25, 0.3) is 0 Å². The summed E-state index contributed by atoms with van der Waals surface area (Å²) < 4.78 is 0. The number of rotatable bonds is 4. The topological polar surface area (TPSA) is 38.9 Å². The van der Waals surface area contributed by atoms with Crippen LogP contribution in [0.15, 0.2) is 5.38 Å². The lowest BCUT2D eigenvalue weighted by atomic mass is 9.76. The number of nitrogens with two attached hydrogens (primary N) is 1. The van der Waals surface area contributed by atoms with Crippen LogP contribution in [0.1, 0.15) is 70.5 Å². The molecule has 20 heavy (non-hydrogen) atoms. The van der Waals surface area contributed by atoms with Crippen LogP contribution >= 0.6 is 11.3 Å². The first kappa shape index (κ1) is 16.0. The zero-order valence-corrected chi connectivity index (χ0v) is 14.3. The standard InChI is InChI=1S/C17H30N2S/c1-5-12-7-6-8-13(9-12)14(18)10-16-19-15(11-20-16)17(2,3)4/h11-14H,5-10,18H2,1-4H3. The minimum absolute atomic E-state index is 0.150. The van der Waals surface area contributed by atoms with E-state index in [1.54, 1.807) is 11.3 Å². The molecule has 1 heterocycles. The van der Waals surface area contributed by atoms with Crippen molar-refractivity contribution >= 4 is 11.3 Å². The molecule has 0 bridgehead atoms. The Bertz CT molecular complexity index is 419. The van der Waals surface area contributed by atoms with Crippen LogP contribution in [0.5, 0.6) is 0 Å². The fourth-order valence-corrected chi connectivity index (χ4v) is 4.30. The van der Waals surface area contributed by atoms with Crippen molar-refractivity contribution in [1.29, 1.82) is 0 Å². The summed E-state index contributed by atoms with van der Waals surface area (Å²) in [5, 5.41) is 3.43. The minimum Gasteiger partial charge on any atom is -0.327 e. The third-order valence-electron chi connectivity index (χ3n) is 4.74. The Morgan fingerprint density at radius 2 is 2.15 bits per heavy atom. The van der Waals surface area contributed by atoms with Gasteiger partial charge in [0.2, 0.25) is 0 Å². The fourth-order valence-electron chi connectivity index (χ4n) is 3.21. The molecular formula is C17H30N2S. The zero-order chi connectivity index (χ0) is 14.8. The highest BCUT2D eigenvalue weighted by Gasteiger charge is 2.26. The third kappa shape index (κ3) is 4.05. The maximum Gasteiger partial charge on any atom is 0.0944 e. The normalized spacial score (nSPS) is 25.6. The molecule has 1 aliphatic rings. The van der Waals surface area contributed by atoms with Crippen LogP contribution in [0.25, 0.3) is 0 Å². The number of thiazole rings is 1. The second kappa shape index (κ2) is 6.57. The first-order valence-corrected chi connectivity index (χ1v) is 8.98. The molecule has 1 aliphatic carbocycles. The van der Waals surface area contributed by atoms with Gasteiger partial charge < -0.3 is 5.73 Å².